The first kappa shape index (κ1) is 51.4. The topological polar surface area (TPSA) is 35.0 Å². The second kappa shape index (κ2) is 29.9. The Hall–Kier alpha value is -2.54. The number of aromatic nitrogens is 2. The average molecular weight is 912 g/mol. The zero-order valence-electron chi connectivity index (χ0n) is 40.9. The Morgan fingerprint density at radius 3 is 1.33 bits per heavy atom. The highest BCUT2D eigenvalue weighted by atomic mass is 32.1. The summed E-state index contributed by atoms with van der Waals surface area (Å²) in [5, 5.41) is 0. The molecule has 4 heterocycles. The maximum Gasteiger partial charge on any atom is 0.122 e. The smallest absolute Gasteiger partial charge is 0.122 e. The van der Waals surface area contributed by atoms with Crippen LogP contribution >= 0.6 is 34.0 Å². The molecule has 63 heavy (non-hydrogen) atoms. The Balaban J connectivity index is 1.34. The molecule has 0 atom stereocenters. The molecule has 0 aliphatic rings. The Labute approximate surface area is 397 Å². The number of benzene rings is 1. The fourth-order valence-corrected chi connectivity index (χ4v) is 13.2. The molecule has 0 N–H and O–H groups in total. The van der Waals surface area contributed by atoms with Crippen molar-refractivity contribution in [3.05, 3.63) is 63.8 Å². The van der Waals surface area contributed by atoms with Crippen molar-refractivity contribution < 1.29 is 4.74 Å². The molecule has 0 spiro atoms. The number of ether oxygens (including phenoxy) is 1. The van der Waals surface area contributed by atoms with Gasteiger partial charge in [-0.3, -0.25) is 9.97 Å². The molecule has 3 nitrogen and oxygen atoms in total. The molecule has 0 bridgehead atoms. The first-order valence-electron chi connectivity index (χ1n) is 26.2. The van der Waals surface area contributed by atoms with Crippen molar-refractivity contribution in [2.24, 2.45) is 0 Å². The quantitative estimate of drug-likeness (QED) is 0.0380. The first-order chi connectivity index (χ1) is 30.9. The summed E-state index contributed by atoms with van der Waals surface area (Å²) in [4.78, 5) is 18.4. The van der Waals surface area contributed by atoms with Crippen molar-refractivity contribution in [3.63, 3.8) is 0 Å². The molecular weight excluding hydrogens is 825 g/mol. The van der Waals surface area contributed by atoms with Gasteiger partial charge in [0.15, 0.2) is 0 Å². The van der Waals surface area contributed by atoms with Crippen LogP contribution < -0.4 is 4.74 Å². The van der Waals surface area contributed by atoms with Gasteiger partial charge in [0.2, 0.25) is 0 Å². The summed E-state index contributed by atoms with van der Waals surface area (Å²) < 4.78 is 6.54. The van der Waals surface area contributed by atoms with Crippen molar-refractivity contribution in [1.29, 1.82) is 0 Å². The van der Waals surface area contributed by atoms with E-state index in [4.69, 9.17) is 14.7 Å². The zero-order valence-corrected chi connectivity index (χ0v) is 43.4. The Bertz CT molecular complexity index is 2000. The van der Waals surface area contributed by atoms with Crippen LogP contribution in [0.15, 0.2) is 36.7 Å². The lowest BCUT2D eigenvalue weighted by atomic mass is 10.0. The van der Waals surface area contributed by atoms with E-state index >= 15 is 0 Å². The largest absolute Gasteiger partial charge is 0.493 e. The Morgan fingerprint density at radius 2 is 0.841 bits per heavy atom. The molecule has 348 valence electrons. The molecule has 0 saturated carbocycles. The normalized spacial score (nSPS) is 11.7. The van der Waals surface area contributed by atoms with Gasteiger partial charge in [0.25, 0.3) is 0 Å². The van der Waals surface area contributed by atoms with E-state index in [-0.39, 0.29) is 0 Å². The van der Waals surface area contributed by atoms with Crippen LogP contribution in [0.2, 0.25) is 0 Å². The third-order valence-electron chi connectivity index (χ3n) is 13.1. The van der Waals surface area contributed by atoms with Crippen LogP contribution in [0.5, 0.6) is 5.75 Å². The van der Waals surface area contributed by atoms with Gasteiger partial charge in [-0.15, -0.1) is 34.0 Å². The predicted octanol–water partition coefficient (Wildman–Crippen LogP) is 20.2. The SMILES string of the molecule is CCCCCCCCCCCCc1cc(C)sc1-c1sc(-c2sc(-c3cc(OCCCCCCCCCC)c(C)cc3C)cc2CCCCCCCCCCCC)c2nccnc12. The van der Waals surface area contributed by atoms with Crippen LogP contribution in [-0.4, -0.2) is 16.6 Å². The van der Waals surface area contributed by atoms with E-state index in [2.05, 4.69) is 65.8 Å². The molecule has 0 amide bonds. The molecule has 0 aliphatic carbocycles. The highest BCUT2D eigenvalue weighted by molar-refractivity contribution is 7.28. The monoisotopic (exact) mass is 911 g/mol. The van der Waals surface area contributed by atoms with Crippen LogP contribution in [0.25, 0.3) is 41.0 Å². The highest BCUT2D eigenvalue weighted by Gasteiger charge is 2.24. The predicted molar refractivity (Wildman–Crippen MR) is 283 cm³/mol. The van der Waals surface area contributed by atoms with E-state index in [0.717, 1.165) is 42.7 Å². The van der Waals surface area contributed by atoms with Gasteiger partial charge in [-0.1, -0.05) is 187 Å². The summed E-state index contributed by atoms with van der Waals surface area (Å²) in [6.45, 7) is 14.5. The molecule has 1 aromatic carbocycles. The summed E-state index contributed by atoms with van der Waals surface area (Å²) in [5.41, 5.74) is 9.00. The molecule has 5 rings (SSSR count). The maximum absolute atomic E-state index is 6.54. The molecule has 0 aliphatic heterocycles. The van der Waals surface area contributed by atoms with E-state index in [1.54, 1.807) is 0 Å². The van der Waals surface area contributed by atoms with E-state index in [1.165, 1.54) is 230 Å². The Morgan fingerprint density at radius 1 is 0.413 bits per heavy atom. The summed E-state index contributed by atoms with van der Waals surface area (Å²) in [6.07, 6.45) is 43.8. The number of thiophene rings is 3. The lowest BCUT2D eigenvalue weighted by Gasteiger charge is -2.13. The highest BCUT2D eigenvalue weighted by Crippen LogP contribution is 2.50. The second-order valence-electron chi connectivity index (χ2n) is 18.8. The van der Waals surface area contributed by atoms with Gasteiger partial charge in [0.1, 0.15) is 16.8 Å². The molecule has 0 unspecified atom stereocenters. The van der Waals surface area contributed by atoms with Gasteiger partial charge in [-0.05, 0) is 98.9 Å². The molecular formula is C57H86N2OS3. The minimum Gasteiger partial charge on any atom is -0.493 e. The van der Waals surface area contributed by atoms with Crippen LogP contribution in [-0.2, 0) is 12.8 Å². The van der Waals surface area contributed by atoms with Crippen LogP contribution in [0.4, 0.5) is 0 Å². The first-order valence-corrected chi connectivity index (χ1v) is 28.6. The van der Waals surface area contributed by atoms with Gasteiger partial charge < -0.3 is 4.74 Å². The van der Waals surface area contributed by atoms with Crippen molar-refractivity contribution >= 4 is 45.0 Å². The fraction of sp³-hybridized carbons (Fsp3) is 0.649. The van der Waals surface area contributed by atoms with Crippen LogP contribution in [0.1, 0.15) is 228 Å². The molecule has 4 aromatic heterocycles. The van der Waals surface area contributed by atoms with Gasteiger partial charge in [0.05, 0.1) is 21.2 Å². The number of unbranched alkanes of at least 4 members (excludes halogenated alkanes) is 25. The number of rotatable bonds is 35. The summed E-state index contributed by atoms with van der Waals surface area (Å²) in [5.74, 6) is 1.04. The minimum absolute atomic E-state index is 0.796. The van der Waals surface area contributed by atoms with Crippen molar-refractivity contribution in [1.82, 2.24) is 9.97 Å². The number of hydrogen-bond donors (Lipinski definition) is 0. The van der Waals surface area contributed by atoms with Gasteiger partial charge in [-0.2, -0.15) is 0 Å². The fourth-order valence-electron chi connectivity index (χ4n) is 9.34. The maximum atomic E-state index is 6.54. The summed E-state index contributed by atoms with van der Waals surface area (Å²) in [6, 6.07) is 9.69. The lowest BCUT2D eigenvalue weighted by molar-refractivity contribution is 0.302. The van der Waals surface area contributed by atoms with Crippen molar-refractivity contribution in [3.8, 4) is 35.7 Å². The number of hydrogen-bond acceptors (Lipinski definition) is 6. The van der Waals surface area contributed by atoms with E-state index < -0.39 is 0 Å². The van der Waals surface area contributed by atoms with Gasteiger partial charge >= 0.3 is 0 Å². The standard InChI is InChI=1S/C57H86N2OS3/c1-7-10-13-16-19-22-24-26-29-32-35-47-41-46(6)61-54(47)56-52-53(59-38-37-58-52)57(63-56)55-48(36-33-30-27-25-23-20-17-14-11-8-2)42-51(62-55)49-43-50(45(5)40-44(49)4)60-39-34-31-28-21-18-15-12-9-3/h37-38,40-43H,7-36,39H2,1-6H3. The zero-order chi connectivity index (χ0) is 44.5. The third kappa shape index (κ3) is 17.0. The van der Waals surface area contributed by atoms with Crippen LogP contribution in [0.3, 0.4) is 0 Å². The lowest BCUT2D eigenvalue weighted by Crippen LogP contribution is -2.00. The third-order valence-corrected chi connectivity index (χ3v) is 16.9. The van der Waals surface area contributed by atoms with Gasteiger partial charge in [-0.25, -0.2) is 0 Å². The molecule has 0 saturated heterocycles. The van der Waals surface area contributed by atoms with Crippen molar-refractivity contribution in [2.45, 2.75) is 234 Å². The van der Waals surface area contributed by atoms with E-state index in [9.17, 15) is 0 Å². The molecule has 0 fully saturated rings. The molecule has 5 aromatic rings. The molecule has 6 heteroatoms. The van der Waals surface area contributed by atoms with Crippen molar-refractivity contribution in [2.75, 3.05) is 6.61 Å². The number of aryl methyl sites for hydroxylation is 5. The second-order valence-corrected chi connectivity index (χ2v) is 22.1. The number of fused-ring (bicyclic) bond motifs is 1. The van der Waals surface area contributed by atoms with E-state index in [0.29, 0.717) is 0 Å². The summed E-state index contributed by atoms with van der Waals surface area (Å²) in [7, 11) is 0. The van der Waals surface area contributed by atoms with E-state index in [1.807, 2.05) is 46.4 Å². The number of nitrogens with zero attached hydrogens (tertiary/aromatic N) is 2. The summed E-state index contributed by atoms with van der Waals surface area (Å²) >= 11 is 5.88. The average Bonchev–Trinajstić information content (AvgIpc) is 3.99. The van der Waals surface area contributed by atoms with Gasteiger partial charge in [0, 0.05) is 27.0 Å². The molecule has 0 radical (unpaired) electrons. The minimum atomic E-state index is 0.796. The Kier molecular flexibility index (Phi) is 24.4. The van der Waals surface area contributed by atoms with Crippen LogP contribution in [0, 0.1) is 20.8 Å².